The van der Waals surface area contributed by atoms with Crippen molar-refractivity contribution in [1.29, 1.82) is 0 Å². The maximum absolute atomic E-state index is 12.1. The van der Waals surface area contributed by atoms with Gasteiger partial charge in [-0.15, -0.1) is 0 Å². The Kier molecular flexibility index (Phi) is 4.48. The maximum Gasteiger partial charge on any atom is 0.254 e. The summed E-state index contributed by atoms with van der Waals surface area (Å²) in [4.78, 5) is 42.8. The van der Waals surface area contributed by atoms with Gasteiger partial charge >= 0.3 is 0 Å². The van der Waals surface area contributed by atoms with E-state index >= 15 is 0 Å². The number of anilines is 1. The van der Waals surface area contributed by atoms with Crippen LogP contribution < -0.4 is 16.0 Å². The molecule has 8 heteroatoms. The van der Waals surface area contributed by atoms with Gasteiger partial charge in [0.15, 0.2) is 0 Å². The molecule has 0 spiro atoms. The van der Waals surface area contributed by atoms with Crippen molar-refractivity contribution in [3.63, 3.8) is 0 Å². The van der Waals surface area contributed by atoms with Crippen molar-refractivity contribution in [3.8, 4) is 0 Å². The van der Waals surface area contributed by atoms with Crippen LogP contribution in [0.3, 0.4) is 0 Å². The van der Waals surface area contributed by atoms with E-state index in [2.05, 4.69) is 36.8 Å². The van der Waals surface area contributed by atoms with Gasteiger partial charge in [-0.3, -0.25) is 14.6 Å². The molecule has 1 aliphatic heterocycles. The first kappa shape index (κ1) is 16.4. The van der Waals surface area contributed by atoms with E-state index in [1.165, 1.54) is 6.07 Å². The molecule has 0 unspecified atom stereocenters. The second-order valence-corrected chi connectivity index (χ2v) is 6.24. The molecule has 1 saturated heterocycles. The second kappa shape index (κ2) is 6.56. The van der Waals surface area contributed by atoms with Crippen LogP contribution in [0, 0.1) is 13.8 Å². The number of nitrogens with zero attached hydrogens (tertiary/aromatic N) is 4. The molecular weight excluding hydrogens is 308 g/mol. The molecule has 0 aliphatic carbocycles. The molecule has 3 rings (SSSR count). The van der Waals surface area contributed by atoms with Gasteiger partial charge in [0, 0.05) is 49.9 Å². The summed E-state index contributed by atoms with van der Waals surface area (Å²) >= 11 is 0. The monoisotopic (exact) mass is 330 g/mol. The number of aromatic nitrogens is 4. The van der Waals surface area contributed by atoms with Crippen LogP contribution in [-0.4, -0.2) is 58.1 Å². The molecule has 2 N–H and O–H groups in total. The molecular formula is C16H22N6O2. The van der Waals surface area contributed by atoms with Gasteiger partial charge in [-0.05, 0) is 20.9 Å². The largest absolute Gasteiger partial charge is 0.340 e. The number of aromatic amines is 2. The lowest BCUT2D eigenvalue weighted by Crippen LogP contribution is -2.45. The van der Waals surface area contributed by atoms with Crippen LogP contribution in [0.4, 0.5) is 5.95 Å². The minimum Gasteiger partial charge on any atom is -0.340 e. The van der Waals surface area contributed by atoms with Crippen molar-refractivity contribution < 1.29 is 0 Å². The van der Waals surface area contributed by atoms with E-state index in [4.69, 9.17) is 0 Å². The second-order valence-electron chi connectivity index (χ2n) is 6.24. The van der Waals surface area contributed by atoms with E-state index in [-0.39, 0.29) is 11.1 Å². The molecule has 3 heterocycles. The highest BCUT2D eigenvalue weighted by molar-refractivity contribution is 5.33. The van der Waals surface area contributed by atoms with E-state index in [1.54, 1.807) is 13.8 Å². The maximum atomic E-state index is 12.1. The van der Waals surface area contributed by atoms with E-state index in [1.807, 2.05) is 0 Å². The Labute approximate surface area is 139 Å². The zero-order chi connectivity index (χ0) is 17.3. The number of H-pyrrole nitrogens is 2. The number of nitrogens with one attached hydrogen (secondary N) is 2. The average Bonchev–Trinajstić information content (AvgIpc) is 2.51. The molecule has 0 radical (unpaired) electrons. The Morgan fingerprint density at radius 1 is 1.08 bits per heavy atom. The van der Waals surface area contributed by atoms with Crippen molar-refractivity contribution >= 4 is 5.95 Å². The van der Waals surface area contributed by atoms with Crippen molar-refractivity contribution in [1.82, 2.24) is 24.8 Å². The van der Waals surface area contributed by atoms with Crippen LogP contribution >= 0.6 is 0 Å². The van der Waals surface area contributed by atoms with Crippen LogP contribution in [0.15, 0.2) is 15.7 Å². The molecule has 1 fully saturated rings. The fourth-order valence-electron chi connectivity index (χ4n) is 2.89. The third kappa shape index (κ3) is 3.53. The van der Waals surface area contributed by atoms with Crippen LogP contribution in [0.5, 0.6) is 0 Å². The van der Waals surface area contributed by atoms with Gasteiger partial charge in [-0.2, -0.15) is 0 Å². The van der Waals surface area contributed by atoms with E-state index in [0.29, 0.717) is 35.1 Å². The number of rotatable bonds is 3. The molecule has 128 valence electrons. The van der Waals surface area contributed by atoms with Crippen LogP contribution in [0.2, 0.25) is 0 Å². The van der Waals surface area contributed by atoms with Crippen LogP contribution in [0.25, 0.3) is 0 Å². The summed E-state index contributed by atoms with van der Waals surface area (Å²) in [5.74, 6) is 1.15. The zero-order valence-electron chi connectivity index (χ0n) is 14.2. The molecule has 0 aromatic carbocycles. The van der Waals surface area contributed by atoms with Gasteiger partial charge in [-0.1, -0.05) is 0 Å². The summed E-state index contributed by atoms with van der Waals surface area (Å²) in [6.07, 6.45) is 0.291. The minimum absolute atomic E-state index is 0.178. The fraction of sp³-hybridized carbons (Fsp3) is 0.500. The lowest BCUT2D eigenvalue weighted by Gasteiger charge is -2.32. The van der Waals surface area contributed by atoms with Gasteiger partial charge in [0.05, 0.1) is 5.69 Å². The first-order valence-electron chi connectivity index (χ1n) is 8.02. The summed E-state index contributed by atoms with van der Waals surface area (Å²) in [6, 6.07) is 1.44. The van der Waals surface area contributed by atoms with Crippen LogP contribution in [0.1, 0.15) is 22.8 Å². The third-order valence-electron chi connectivity index (χ3n) is 4.28. The summed E-state index contributed by atoms with van der Waals surface area (Å²) in [7, 11) is 2.07. The predicted molar refractivity (Wildman–Crippen MR) is 91.7 cm³/mol. The van der Waals surface area contributed by atoms with Gasteiger partial charge in [0.25, 0.3) is 11.1 Å². The molecule has 8 nitrogen and oxygen atoms in total. The van der Waals surface area contributed by atoms with E-state index in [9.17, 15) is 9.59 Å². The van der Waals surface area contributed by atoms with Crippen molar-refractivity contribution in [2.75, 3.05) is 38.1 Å². The fourth-order valence-corrected chi connectivity index (χ4v) is 2.89. The van der Waals surface area contributed by atoms with Crippen LogP contribution in [-0.2, 0) is 6.42 Å². The summed E-state index contributed by atoms with van der Waals surface area (Å²) in [6.45, 7) is 7.02. The normalized spacial score (nSPS) is 15.7. The molecule has 0 atom stereocenters. The van der Waals surface area contributed by atoms with Gasteiger partial charge in [-0.25, -0.2) is 9.97 Å². The topological polar surface area (TPSA) is 98.0 Å². The number of piperazine rings is 1. The average molecular weight is 330 g/mol. The first-order chi connectivity index (χ1) is 11.4. The molecule has 0 saturated carbocycles. The minimum atomic E-state index is -0.205. The standard InChI is InChI=1S/C16H22N6O2/c1-10-13(15(24)18-11(2)17-10)8-12-9-14(23)20-16(19-12)22-6-4-21(3)5-7-22/h9H,4-8H2,1-3H3,(H,17,18,24)(H,19,20,23). The Balaban J connectivity index is 1.90. The number of likely N-dealkylation sites (N-methyl/N-ethyl adjacent to an activating group) is 1. The number of aryl methyl sites for hydroxylation is 2. The van der Waals surface area contributed by atoms with Crippen molar-refractivity contribution in [3.05, 3.63) is 49.5 Å². The highest BCUT2D eigenvalue weighted by atomic mass is 16.1. The smallest absolute Gasteiger partial charge is 0.254 e. The summed E-state index contributed by atoms with van der Waals surface area (Å²) in [5.41, 5.74) is 1.40. The molecule has 0 bridgehead atoms. The Hall–Kier alpha value is -2.48. The molecule has 2 aromatic heterocycles. The van der Waals surface area contributed by atoms with Gasteiger partial charge in [0.1, 0.15) is 5.82 Å². The lowest BCUT2D eigenvalue weighted by molar-refractivity contribution is 0.311. The van der Waals surface area contributed by atoms with Gasteiger partial charge in [0.2, 0.25) is 5.95 Å². The molecule has 1 aliphatic rings. The molecule has 24 heavy (non-hydrogen) atoms. The number of hydrogen-bond donors (Lipinski definition) is 2. The predicted octanol–water partition coefficient (Wildman–Crippen LogP) is -0.187. The lowest BCUT2D eigenvalue weighted by atomic mass is 10.1. The highest BCUT2D eigenvalue weighted by Gasteiger charge is 2.17. The van der Waals surface area contributed by atoms with Crippen molar-refractivity contribution in [2.24, 2.45) is 0 Å². The Bertz CT molecular complexity index is 848. The Morgan fingerprint density at radius 3 is 2.46 bits per heavy atom. The SMILES string of the molecule is Cc1nc(C)c(Cc2cc(=O)[nH]c(N3CCN(C)CC3)n2)c(=O)[nH]1. The van der Waals surface area contributed by atoms with Crippen molar-refractivity contribution in [2.45, 2.75) is 20.3 Å². The molecule has 2 aromatic rings. The molecule has 0 amide bonds. The first-order valence-corrected chi connectivity index (χ1v) is 8.02. The third-order valence-corrected chi connectivity index (χ3v) is 4.28. The zero-order valence-corrected chi connectivity index (χ0v) is 14.2. The quantitative estimate of drug-likeness (QED) is 0.810. The summed E-state index contributed by atoms with van der Waals surface area (Å²) in [5, 5.41) is 0. The van der Waals surface area contributed by atoms with E-state index in [0.717, 1.165) is 26.2 Å². The number of hydrogen-bond acceptors (Lipinski definition) is 6. The summed E-state index contributed by atoms with van der Waals surface area (Å²) < 4.78 is 0. The Morgan fingerprint density at radius 2 is 1.79 bits per heavy atom. The highest BCUT2D eigenvalue weighted by Crippen LogP contribution is 2.11. The van der Waals surface area contributed by atoms with Gasteiger partial charge < -0.3 is 14.8 Å². The van der Waals surface area contributed by atoms with E-state index < -0.39 is 0 Å².